The van der Waals surface area contributed by atoms with Crippen LogP contribution >= 0.6 is 0 Å². The third-order valence-corrected chi connectivity index (χ3v) is 5.79. The zero-order chi connectivity index (χ0) is 12.3. The van der Waals surface area contributed by atoms with Crippen molar-refractivity contribution < 1.29 is 9.84 Å². The van der Waals surface area contributed by atoms with Crippen LogP contribution in [0.1, 0.15) is 52.9 Å². The van der Waals surface area contributed by atoms with Gasteiger partial charge in [-0.25, -0.2) is 0 Å². The van der Waals surface area contributed by atoms with Gasteiger partial charge in [0.05, 0.1) is 17.8 Å². The number of fused-ring (bicyclic) bond motifs is 1. The Labute approximate surface area is 105 Å². The summed E-state index contributed by atoms with van der Waals surface area (Å²) in [6, 6.07) is 0. The van der Waals surface area contributed by atoms with E-state index in [4.69, 9.17) is 4.74 Å². The molecule has 1 spiro atoms. The van der Waals surface area contributed by atoms with Crippen LogP contribution in [-0.4, -0.2) is 22.9 Å². The van der Waals surface area contributed by atoms with Gasteiger partial charge in [-0.15, -0.1) is 0 Å². The van der Waals surface area contributed by atoms with E-state index in [0.29, 0.717) is 17.8 Å². The van der Waals surface area contributed by atoms with Crippen molar-refractivity contribution >= 4 is 0 Å². The number of ether oxygens (including phenoxy) is 1. The fourth-order valence-electron chi connectivity index (χ4n) is 5.03. The molecule has 98 valence electrons. The Kier molecular flexibility index (Phi) is 2.61. The molecule has 1 heterocycles. The van der Waals surface area contributed by atoms with E-state index < -0.39 is 5.60 Å². The van der Waals surface area contributed by atoms with Crippen LogP contribution in [-0.2, 0) is 4.74 Å². The molecule has 1 aliphatic heterocycles. The number of hydrogen-bond donors (Lipinski definition) is 1. The highest BCUT2D eigenvalue weighted by Gasteiger charge is 2.61. The quantitative estimate of drug-likeness (QED) is 0.761. The lowest BCUT2D eigenvalue weighted by Crippen LogP contribution is -2.60. The second-order valence-corrected chi connectivity index (χ2v) is 7.21. The first kappa shape index (κ1) is 12.0. The van der Waals surface area contributed by atoms with Gasteiger partial charge >= 0.3 is 0 Å². The second-order valence-electron chi connectivity index (χ2n) is 7.21. The first-order valence-corrected chi connectivity index (χ1v) is 7.32. The lowest BCUT2D eigenvalue weighted by Gasteiger charge is -2.56. The highest BCUT2D eigenvalue weighted by molar-refractivity contribution is 5.11. The molecule has 0 aromatic heterocycles. The molecule has 0 amide bonds. The fraction of sp³-hybridized carbons (Fsp3) is 1.00. The maximum absolute atomic E-state index is 10.7. The van der Waals surface area contributed by atoms with Gasteiger partial charge in [0.2, 0.25) is 0 Å². The van der Waals surface area contributed by atoms with Crippen molar-refractivity contribution in [1.82, 2.24) is 0 Å². The van der Waals surface area contributed by atoms with E-state index in [0.717, 1.165) is 25.4 Å². The van der Waals surface area contributed by atoms with Crippen LogP contribution < -0.4 is 0 Å². The van der Waals surface area contributed by atoms with Crippen LogP contribution in [0.4, 0.5) is 0 Å². The highest BCUT2D eigenvalue weighted by Crippen LogP contribution is 2.59. The molecule has 3 rings (SSSR count). The zero-order valence-corrected chi connectivity index (χ0v) is 11.4. The Morgan fingerprint density at radius 3 is 2.71 bits per heavy atom. The van der Waals surface area contributed by atoms with Gasteiger partial charge in [0.1, 0.15) is 0 Å². The van der Waals surface area contributed by atoms with Crippen LogP contribution in [0.5, 0.6) is 0 Å². The zero-order valence-electron chi connectivity index (χ0n) is 11.4. The molecule has 1 saturated heterocycles. The van der Waals surface area contributed by atoms with E-state index in [1.54, 1.807) is 0 Å². The van der Waals surface area contributed by atoms with Crippen LogP contribution in [0.15, 0.2) is 0 Å². The van der Waals surface area contributed by atoms with Crippen molar-refractivity contribution in [2.75, 3.05) is 6.61 Å². The third-order valence-electron chi connectivity index (χ3n) is 5.79. The Bertz CT molecular complexity index is 310. The molecule has 2 saturated carbocycles. The molecular formula is C15H26O2. The standard InChI is InChI=1S/C15H26O2/c1-10(2)12-6-7-14(3,16)13-5-4-11-8-15(12,13)17-9-11/h10-13,16H,4-9H2,1-3H3/t11-,12-,13-,14+,15+/m1/s1. The summed E-state index contributed by atoms with van der Waals surface area (Å²) >= 11 is 0. The van der Waals surface area contributed by atoms with Crippen molar-refractivity contribution in [2.24, 2.45) is 23.7 Å². The summed E-state index contributed by atoms with van der Waals surface area (Å²) in [5.74, 6) is 2.46. The van der Waals surface area contributed by atoms with E-state index >= 15 is 0 Å². The third kappa shape index (κ3) is 1.60. The van der Waals surface area contributed by atoms with Gasteiger partial charge in [0, 0.05) is 5.92 Å². The molecule has 2 bridgehead atoms. The van der Waals surface area contributed by atoms with Gasteiger partial charge in [-0.2, -0.15) is 0 Å². The van der Waals surface area contributed by atoms with Gasteiger partial charge < -0.3 is 9.84 Å². The lowest BCUT2D eigenvalue weighted by molar-refractivity contribution is -0.198. The number of hydrogen-bond acceptors (Lipinski definition) is 2. The first-order chi connectivity index (χ1) is 7.96. The van der Waals surface area contributed by atoms with Crippen molar-refractivity contribution in [2.45, 2.75) is 64.1 Å². The summed E-state index contributed by atoms with van der Waals surface area (Å²) in [4.78, 5) is 0. The van der Waals surface area contributed by atoms with E-state index in [1.165, 1.54) is 19.3 Å². The minimum Gasteiger partial charge on any atom is -0.390 e. The summed E-state index contributed by atoms with van der Waals surface area (Å²) in [7, 11) is 0. The van der Waals surface area contributed by atoms with E-state index in [9.17, 15) is 5.11 Å². The predicted molar refractivity (Wildman–Crippen MR) is 67.7 cm³/mol. The average molecular weight is 238 g/mol. The second kappa shape index (κ2) is 3.71. The topological polar surface area (TPSA) is 29.5 Å². The molecule has 1 N–H and O–H groups in total. The van der Waals surface area contributed by atoms with E-state index in [2.05, 4.69) is 13.8 Å². The van der Waals surface area contributed by atoms with Crippen LogP contribution in [0.25, 0.3) is 0 Å². The van der Waals surface area contributed by atoms with Gasteiger partial charge in [-0.05, 0) is 56.8 Å². The van der Waals surface area contributed by atoms with Gasteiger partial charge in [0.25, 0.3) is 0 Å². The molecule has 0 aromatic rings. The van der Waals surface area contributed by atoms with Crippen LogP contribution in [0.3, 0.4) is 0 Å². The molecule has 0 unspecified atom stereocenters. The Hall–Kier alpha value is -0.0800. The molecule has 2 heteroatoms. The van der Waals surface area contributed by atoms with Crippen LogP contribution in [0, 0.1) is 23.7 Å². The molecule has 5 atom stereocenters. The molecule has 0 aromatic carbocycles. The molecule has 17 heavy (non-hydrogen) atoms. The maximum Gasteiger partial charge on any atom is 0.0771 e. The van der Waals surface area contributed by atoms with E-state index in [-0.39, 0.29) is 5.60 Å². The Balaban J connectivity index is 1.98. The highest BCUT2D eigenvalue weighted by atomic mass is 16.5. The minimum absolute atomic E-state index is 0.0127. The van der Waals surface area contributed by atoms with Crippen molar-refractivity contribution in [3.8, 4) is 0 Å². The lowest BCUT2D eigenvalue weighted by atomic mass is 9.54. The largest absolute Gasteiger partial charge is 0.390 e. The molecule has 3 aliphatic rings. The fourth-order valence-corrected chi connectivity index (χ4v) is 5.03. The van der Waals surface area contributed by atoms with Gasteiger partial charge in [0.15, 0.2) is 0 Å². The summed E-state index contributed by atoms with van der Waals surface area (Å²) in [5.41, 5.74) is -0.487. The summed E-state index contributed by atoms with van der Waals surface area (Å²) in [6.07, 6.45) is 5.72. The smallest absolute Gasteiger partial charge is 0.0771 e. The maximum atomic E-state index is 10.7. The van der Waals surface area contributed by atoms with Gasteiger partial charge in [-0.1, -0.05) is 13.8 Å². The van der Waals surface area contributed by atoms with Crippen molar-refractivity contribution in [3.63, 3.8) is 0 Å². The predicted octanol–water partition coefficient (Wildman–Crippen LogP) is 2.99. The van der Waals surface area contributed by atoms with Crippen molar-refractivity contribution in [3.05, 3.63) is 0 Å². The minimum atomic E-state index is -0.499. The molecule has 0 radical (unpaired) electrons. The molecule has 2 nitrogen and oxygen atoms in total. The first-order valence-electron chi connectivity index (χ1n) is 7.32. The normalized spacial score (nSPS) is 53.8. The van der Waals surface area contributed by atoms with Crippen molar-refractivity contribution in [1.29, 1.82) is 0 Å². The Morgan fingerprint density at radius 1 is 1.24 bits per heavy atom. The van der Waals surface area contributed by atoms with E-state index in [1.807, 2.05) is 6.92 Å². The summed E-state index contributed by atoms with van der Waals surface area (Å²) in [5, 5.41) is 10.7. The molecular weight excluding hydrogens is 212 g/mol. The summed E-state index contributed by atoms with van der Waals surface area (Å²) in [6.45, 7) is 7.62. The van der Waals surface area contributed by atoms with Crippen LogP contribution in [0.2, 0.25) is 0 Å². The van der Waals surface area contributed by atoms with Gasteiger partial charge in [-0.3, -0.25) is 0 Å². The summed E-state index contributed by atoms with van der Waals surface area (Å²) < 4.78 is 6.32. The molecule has 3 fully saturated rings. The average Bonchev–Trinajstić information content (AvgIpc) is 2.54. The SMILES string of the molecule is CC(C)[C@H]1CC[C@](C)(O)[C@H]2CC[C@H]3CO[C@@]12C3. The number of rotatable bonds is 1. The Morgan fingerprint density at radius 2 is 2.00 bits per heavy atom. The molecule has 2 aliphatic carbocycles. The monoisotopic (exact) mass is 238 g/mol. The number of aliphatic hydroxyl groups is 1.